The van der Waals surface area contributed by atoms with Crippen molar-refractivity contribution < 1.29 is 14.8 Å². The molecular formula is C18H17N5O3. The van der Waals surface area contributed by atoms with E-state index in [0.29, 0.717) is 16.8 Å². The van der Waals surface area contributed by atoms with E-state index in [-0.39, 0.29) is 0 Å². The summed E-state index contributed by atoms with van der Waals surface area (Å²) in [5.41, 5.74) is 9.37. The summed E-state index contributed by atoms with van der Waals surface area (Å²) in [6.45, 7) is 0. The number of aromatic nitrogens is 2. The maximum absolute atomic E-state index is 12.4. The Balaban J connectivity index is 1.82. The number of hydrogen-bond acceptors (Lipinski definition) is 5. The van der Waals surface area contributed by atoms with Gasteiger partial charge in [-0.25, -0.2) is 10.2 Å². The molecule has 0 aliphatic rings. The van der Waals surface area contributed by atoms with Crippen LogP contribution in [0, 0.1) is 0 Å². The lowest BCUT2D eigenvalue weighted by molar-refractivity contribution is -0.131. The number of carbonyl (C=O) groups is 2. The van der Waals surface area contributed by atoms with Crippen molar-refractivity contribution >= 4 is 17.5 Å². The summed E-state index contributed by atoms with van der Waals surface area (Å²) < 4.78 is 1.66. The van der Waals surface area contributed by atoms with Gasteiger partial charge in [-0.1, -0.05) is 12.1 Å². The van der Waals surface area contributed by atoms with Gasteiger partial charge >= 0.3 is 0 Å². The van der Waals surface area contributed by atoms with Crippen LogP contribution in [0.3, 0.4) is 0 Å². The molecule has 0 aliphatic carbocycles. The number of amides is 2. The van der Waals surface area contributed by atoms with Gasteiger partial charge in [0.15, 0.2) is 0 Å². The molecular weight excluding hydrogens is 334 g/mol. The number of nitrogens with one attached hydrogen (secondary N) is 2. The molecule has 8 nitrogen and oxygen atoms in total. The van der Waals surface area contributed by atoms with Gasteiger partial charge in [0.05, 0.1) is 5.69 Å². The first kappa shape index (κ1) is 17.2. The maximum Gasteiger partial charge on any atom is 0.270 e. The molecule has 1 atom stereocenters. The van der Waals surface area contributed by atoms with Gasteiger partial charge in [-0.15, -0.1) is 0 Å². The van der Waals surface area contributed by atoms with E-state index in [9.17, 15) is 9.59 Å². The highest BCUT2D eigenvalue weighted by Crippen LogP contribution is 2.17. The fourth-order valence-electron chi connectivity index (χ4n) is 2.45. The lowest BCUT2D eigenvalue weighted by atomic mass is 10.0. The highest BCUT2D eigenvalue weighted by molar-refractivity contribution is 5.97. The van der Waals surface area contributed by atoms with Crippen molar-refractivity contribution in [1.82, 2.24) is 20.6 Å². The summed E-state index contributed by atoms with van der Waals surface area (Å²) >= 11 is 0. The average Bonchev–Trinajstić information content (AvgIpc) is 3.21. The minimum atomic E-state index is -1.06. The molecule has 0 saturated carbocycles. The van der Waals surface area contributed by atoms with Gasteiger partial charge in [0.1, 0.15) is 6.04 Å². The Bertz CT molecular complexity index is 890. The summed E-state index contributed by atoms with van der Waals surface area (Å²) in [6, 6.07) is 13.9. The van der Waals surface area contributed by atoms with Gasteiger partial charge in [0.2, 0.25) is 0 Å². The van der Waals surface area contributed by atoms with Crippen molar-refractivity contribution in [2.75, 3.05) is 5.73 Å². The first-order chi connectivity index (χ1) is 12.6. The quantitative estimate of drug-likeness (QED) is 0.315. The van der Waals surface area contributed by atoms with E-state index in [1.165, 1.54) is 0 Å². The highest BCUT2D eigenvalue weighted by atomic mass is 16.5. The minimum absolute atomic E-state index is 0.350. The number of hydroxylamine groups is 1. The van der Waals surface area contributed by atoms with Crippen LogP contribution < -0.4 is 16.5 Å². The third-order valence-corrected chi connectivity index (χ3v) is 3.82. The van der Waals surface area contributed by atoms with E-state index < -0.39 is 17.9 Å². The van der Waals surface area contributed by atoms with Crippen molar-refractivity contribution in [3.05, 3.63) is 78.1 Å². The zero-order valence-corrected chi connectivity index (χ0v) is 13.7. The Morgan fingerprint density at radius 1 is 1.08 bits per heavy atom. The first-order valence-corrected chi connectivity index (χ1v) is 7.79. The largest absolute Gasteiger partial charge is 0.399 e. The Morgan fingerprint density at radius 2 is 1.77 bits per heavy atom. The molecule has 0 aliphatic heterocycles. The van der Waals surface area contributed by atoms with Crippen LogP contribution in [0.2, 0.25) is 0 Å². The standard InChI is InChI=1S/C18H17N5O3/c19-14-6-2-13(3-7-14)17(24)21-16(18(25)22-26)12-4-8-15(9-5-12)23-11-1-10-20-23/h1-11,16,26H,19H2,(H,21,24)(H,22,25). The topological polar surface area (TPSA) is 122 Å². The van der Waals surface area contributed by atoms with Gasteiger partial charge in [-0.05, 0) is 48.0 Å². The second-order valence-electron chi connectivity index (χ2n) is 5.55. The Kier molecular flexibility index (Phi) is 4.95. The average molecular weight is 351 g/mol. The molecule has 5 N–H and O–H groups in total. The number of carbonyl (C=O) groups excluding carboxylic acids is 2. The lowest BCUT2D eigenvalue weighted by Crippen LogP contribution is -2.39. The minimum Gasteiger partial charge on any atom is -0.399 e. The van der Waals surface area contributed by atoms with Crippen LogP contribution in [0.15, 0.2) is 67.0 Å². The predicted molar refractivity (Wildman–Crippen MR) is 94.6 cm³/mol. The highest BCUT2D eigenvalue weighted by Gasteiger charge is 2.23. The molecule has 0 radical (unpaired) electrons. The second kappa shape index (κ2) is 7.49. The number of nitrogens with two attached hydrogens (primary N) is 1. The number of nitrogen functional groups attached to an aromatic ring is 1. The number of hydrogen-bond donors (Lipinski definition) is 4. The monoisotopic (exact) mass is 351 g/mol. The van der Waals surface area contributed by atoms with Crippen LogP contribution >= 0.6 is 0 Å². The van der Waals surface area contributed by atoms with Crippen molar-refractivity contribution in [2.45, 2.75) is 6.04 Å². The molecule has 1 unspecified atom stereocenters. The van der Waals surface area contributed by atoms with E-state index in [1.54, 1.807) is 77.2 Å². The predicted octanol–water partition coefficient (Wildman–Crippen LogP) is 1.43. The molecule has 132 valence electrons. The van der Waals surface area contributed by atoms with Crippen LogP contribution in [-0.2, 0) is 4.79 Å². The van der Waals surface area contributed by atoms with E-state index in [0.717, 1.165) is 5.69 Å². The molecule has 3 rings (SSSR count). The fraction of sp³-hybridized carbons (Fsp3) is 0.0556. The van der Waals surface area contributed by atoms with Gasteiger partial charge in [-0.3, -0.25) is 14.8 Å². The van der Waals surface area contributed by atoms with Crippen LogP contribution in [0.1, 0.15) is 22.0 Å². The lowest BCUT2D eigenvalue weighted by Gasteiger charge is -2.17. The molecule has 2 amide bonds. The number of rotatable bonds is 5. The SMILES string of the molecule is Nc1ccc(C(=O)NC(C(=O)NO)c2ccc(-n3cccn3)cc2)cc1. The van der Waals surface area contributed by atoms with E-state index in [1.807, 2.05) is 0 Å². The molecule has 8 heteroatoms. The normalized spacial score (nSPS) is 11.6. The summed E-state index contributed by atoms with van der Waals surface area (Å²) in [6.07, 6.45) is 3.44. The summed E-state index contributed by atoms with van der Waals surface area (Å²) in [7, 11) is 0. The van der Waals surface area contributed by atoms with Gasteiger partial charge < -0.3 is 11.1 Å². The Labute approximate surface area is 149 Å². The Hall–Kier alpha value is -3.65. The summed E-state index contributed by atoms with van der Waals surface area (Å²) in [5.74, 6) is -1.21. The first-order valence-electron chi connectivity index (χ1n) is 7.79. The third-order valence-electron chi connectivity index (χ3n) is 3.82. The van der Waals surface area contributed by atoms with Crippen molar-refractivity contribution in [2.24, 2.45) is 0 Å². The van der Waals surface area contributed by atoms with Gasteiger partial charge in [0.25, 0.3) is 11.8 Å². The number of anilines is 1. The van der Waals surface area contributed by atoms with E-state index >= 15 is 0 Å². The third kappa shape index (κ3) is 3.70. The summed E-state index contributed by atoms with van der Waals surface area (Å²) in [4.78, 5) is 24.4. The van der Waals surface area contributed by atoms with Gasteiger partial charge in [0, 0.05) is 23.6 Å². The molecule has 0 bridgehead atoms. The molecule has 0 saturated heterocycles. The number of nitrogens with zero attached hydrogens (tertiary/aromatic N) is 2. The maximum atomic E-state index is 12.4. The zero-order chi connectivity index (χ0) is 18.5. The molecule has 2 aromatic carbocycles. The van der Waals surface area contributed by atoms with E-state index in [4.69, 9.17) is 10.9 Å². The zero-order valence-electron chi connectivity index (χ0n) is 13.7. The molecule has 26 heavy (non-hydrogen) atoms. The van der Waals surface area contributed by atoms with Gasteiger partial charge in [-0.2, -0.15) is 5.10 Å². The van der Waals surface area contributed by atoms with Crippen LogP contribution in [0.25, 0.3) is 5.69 Å². The molecule has 0 spiro atoms. The van der Waals surface area contributed by atoms with Crippen molar-refractivity contribution in [3.8, 4) is 5.69 Å². The van der Waals surface area contributed by atoms with Crippen molar-refractivity contribution in [3.63, 3.8) is 0 Å². The van der Waals surface area contributed by atoms with Crippen LogP contribution in [0.5, 0.6) is 0 Å². The second-order valence-corrected chi connectivity index (χ2v) is 5.55. The van der Waals surface area contributed by atoms with Crippen LogP contribution in [-0.4, -0.2) is 26.8 Å². The molecule has 3 aromatic rings. The van der Waals surface area contributed by atoms with Crippen molar-refractivity contribution in [1.29, 1.82) is 0 Å². The van der Waals surface area contributed by atoms with Crippen LogP contribution in [0.4, 0.5) is 5.69 Å². The molecule has 0 fully saturated rings. The van der Waals surface area contributed by atoms with E-state index in [2.05, 4.69) is 10.4 Å². The smallest absolute Gasteiger partial charge is 0.270 e. The fourth-order valence-corrected chi connectivity index (χ4v) is 2.45. The Morgan fingerprint density at radius 3 is 2.35 bits per heavy atom. The number of benzene rings is 2. The molecule has 1 aromatic heterocycles. The molecule has 1 heterocycles. The summed E-state index contributed by atoms with van der Waals surface area (Å²) in [5, 5.41) is 15.7.